The van der Waals surface area contributed by atoms with E-state index in [0.717, 1.165) is 5.75 Å². The van der Waals surface area contributed by atoms with Gasteiger partial charge >= 0.3 is 0 Å². The summed E-state index contributed by atoms with van der Waals surface area (Å²) >= 11 is 0. The van der Waals surface area contributed by atoms with Crippen LogP contribution in [0.15, 0.2) is 36.7 Å². The van der Waals surface area contributed by atoms with Crippen molar-refractivity contribution < 1.29 is 4.74 Å². The summed E-state index contributed by atoms with van der Waals surface area (Å²) in [6.45, 7) is 2.70. The molecule has 0 N–H and O–H groups in total. The molecule has 3 nitrogen and oxygen atoms in total. The molecule has 19 heavy (non-hydrogen) atoms. The quantitative estimate of drug-likeness (QED) is 0.830. The van der Waals surface area contributed by atoms with Crippen molar-refractivity contribution in [3.05, 3.63) is 47.8 Å². The van der Waals surface area contributed by atoms with E-state index in [1.165, 1.54) is 36.8 Å². The molecule has 1 aromatic carbocycles. The first-order valence-corrected chi connectivity index (χ1v) is 7.04. The van der Waals surface area contributed by atoms with Gasteiger partial charge in [0.2, 0.25) is 0 Å². The fourth-order valence-corrected chi connectivity index (χ4v) is 2.61. The molecule has 1 aliphatic carbocycles. The molecule has 2 aromatic rings. The highest BCUT2D eigenvalue weighted by Gasteiger charge is 2.17. The van der Waals surface area contributed by atoms with Crippen molar-refractivity contribution >= 4 is 0 Å². The van der Waals surface area contributed by atoms with Crippen LogP contribution in [0.2, 0.25) is 0 Å². The normalized spacial score (nSPS) is 15.8. The van der Waals surface area contributed by atoms with Gasteiger partial charge in [-0.1, -0.05) is 42.7 Å². The second-order valence-electron chi connectivity index (χ2n) is 5.37. The standard InChI is InChI=1S/C16H20N2O/c1-13-6-8-14(9-7-13)12-19-16-10-17-18(11-16)15-4-2-3-5-15/h6-11,15H,2-5,12H2,1H3. The highest BCUT2D eigenvalue weighted by atomic mass is 16.5. The molecule has 0 bridgehead atoms. The molecule has 1 heterocycles. The summed E-state index contributed by atoms with van der Waals surface area (Å²) in [4.78, 5) is 0. The maximum Gasteiger partial charge on any atom is 0.157 e. The Hall–Kier alpha value is -1.77. The van der Waals surface area contributed by atoms with Crippen LogP contribution >= 0.6 is 0 Å². The van der Waals surface area contributed by atoms with Crippen LogP contribution in [0.25, 0.3) is 0 Å². The first kappa shape index (κ1) is 12.3. The zero-order chi connectivity index (χ0) is 13.1. The monoisotopic (exact) mass is 256 g/mol. The molecular formula is C16H20N2O. The van der Waals surface area contributed by atoms with Crippen molar-refractivity contribution in [2.24, 2.45) is 0 Å². The van der Waals surface area contributed by atoms with E-state index in [4.69, 9.17) is 4.74 Å². The Bertz CT molecular complexity index is 524. The maximum absolute atomic E-state index is 5.79. The zero-order valence-electron chi connectivity index (χ0n) is 11.4. The second-order valence-corrected chi connectivity index (χ2v) is 5.37. The highest BCUT2D eigenvalue weighted by molar-refractivity contribution is 5.21. The van der Waals surface area contributed by atoms with E-state index >= 15 is 0 Å². The summed E-state index contributed by atoms with van der Waals surface area (Å²) in [5.74, 6) is 0.868. The van der Waals surface area contributed by atoms with Crippen molar-refractivity contribution in [2.75, 3.05) is 0 Å². The Morgan fingerprint density at radius 1 is 1.21 bits per heavy atom. The number of hydrogen-bond acceptors (Lipinski definition) is 2. The van der Waals surface area contributed by atoms with Gasteiger partial charge in [-0.05, 0) is 25.3 Å². The van der Waals surface area contributed by atoms with E-state index in [-0.39, 0.29) is 0 Å². The first-order valence-electron chi connectivity index (χ1n) is 7.04. The van der Waals surface area contributed by atoms with E-state index in [1.54, 1.807) is 0 Å². The highest BCUT2D eigenvalue weighted by Crippen LogP contribution is 2.29. The average Bonchev–Trinajstić information content (AvgIpc) is 3.09. The molecular weight excluding hydrogens is 236 g/mol. The SMILES string of the molecule is Cc1ccc(COc2cnn(C3CCCC3)c2)cc1. The van der Waals surface area contributed by atoms with Gasteiger partial charge in [-0.15, -0.1) is 0 Å². The van der Waals surface area contributed by atoms with Crippen molar-refractivity contribution in [1.29, 1.82) is 0 Å². The summed E-state index contributed by atoms with van der Waals surface area (Å²) < 4.78 is 7.86. The number of aromatic nitrogens is 2. The molecule has 1 saturated carbocycles. The molecule has 0 atom stereocenters. The van der Waals surface area contributed by atoms with E-state index < -0.39 is 0 Å². The summed E-state index contributed by atoms with van der Waals surface area (Å²) in [6.07, 6.45) is 9.00. The van der Waals surface area contributed by atoms with Gasteiger partial charge in [0, 0.05) is 0 Å². The molecule has 1 aromatic heterocycles. The van der Waals surface area contributed by atoms with Gasteiger partial charge in [0.15, 0.2) is 5.75 Å². The van der Waals surface area contributed by atoms with Crippen molar-refractivity contribution in [2.45, 2.75) is 45.3 Å². The largest absolute Gasteiger partial charge is 0.486 e. The Labute approximate surface area is 114 Å². The molecule has 0 radical (unpaired) electrons. The van der Waals surface area contributed by atoms with E-state index in [9.17, 15) is 0 Å². The third kappa shape index (κ3) is 2.98. The van der Waals surface area contributed by atoms with E-state index in [1.807, 2.05) is 12.4 Å². The van der Waals surface area contributed by atoms with Gasteiger partial charge in [-0.25, -0.2) is 0 Å². The number of aryl methyl sites for hydroxylation is 1. The fraction of sp³-hybridized carbons (Fsp3) is 0.438. The Morgan fingerprint density at radius 2 is 1.95 bits per heavy atom. The minimum absolute atomic E-state index is 0.580. The lowest BCUT2D eigenvalue weighted by Crippen LogP contribution is -2.04. The molecule has 0 spiro atoms. The number of rotatable bonds is 4. The van der Waals surface area contributed by atoms with Crippen LogP contribution < -0.4 is 4.74 Å². The van der Waals surface area contributed by atoms with Crippen LogP contribution in [-0.2, 0) is 6.61 Å². The predicted molar refractivity (Wildman–Crippen MR) is 75.2 cm³/mol. The summed E-state index contributed by atoms with van der Waals surface area (Å²) in [6, 6.07) is 9.02. The van der Waals surface area contributed by atoms with Gasteiger partial charge in [-0.2, -0.15) is 5.10 Å². The molecule has 3 heteroatoms. The molecule has 3 rings (SSSR count). The zero-order valence-corrected chi connectivity index (χ0v) is 11.4. The van der Waals surface area contributed by atoms with E-state index in [2.05, 4.69) is 41.0 Å². The third-order valence-corrected chi connectivity index (χ3v) is 3.80. The summed E-state index contributed by atoms with van der Waals surface area (Å²) in [5, 5.41) is 4.42. The number of nitrogens with zero attached hydrogens (tertiary/aromatic N) is 2. The molecule has 100 valence electrons. The lowest BCUT2D eigenvalue weighted by Gasteiger charge is -2.08. The predicted octanol–water partition coefficient (Wildman–Crippen LogP) is 3.89. The summed E-state index contributed by atoms with van der Waals surface area (Å²) in [5.41, 5.74) is 2.47. The Balaban J connectivity index is 1.59. The van der Waals surface area contributed by atoms with Crippen LogP contribution in [0.5, 0.6) is 5.75 Å². The fourth-order valence-electron chi connectivity index (χ4n) is 2.61. The van der Waals surface area contributed by atoms with Crippen molar-refractivity contribution in [3.8, 4) is 5.75 Å². The van der Waals surface area contributed by atoms with Crippen molar-refractivity contribution in [3.63, 3.8) is 0 Å². The number of ether oxygens (including phenoxy) is 1. The molecule has 0 saturated heterocycles. The molecule has 1 fully saturated rings. The van der Waals surface area contributed by atoms with Gasteiger partial charge in [-0.3, -0.25) is 4.68 Å². The third-order valence-electron chi connectivity index (χ3n) is 3.80. The molecule has 0 aliphatic heterocycles. The Morgan fingerprint density at radius 3 is 2.68 bits per heavy atom. The lowest BCUT2D eigenvalue weighted by molar-refractivity contribution is 0.305. The molecule has 0 unspecified atom stereocenters. The van der Waals surface area contributed by atoms with Crippen LogP contribution in [-0.4, -0.2) is 9.78 Å². The maximum atomic E-state index is 5.79. The molecule has 1 aliphatic rings. The van der Waals surface area contributed by atoms with Crippen LogP contribution in [0.3, 0.4) is 0 Å². The number of benzene rings is 1. The molecule has 0 amide bonds. The smallest absolute Gasteiger partial charge is 0.157 e. The minimum Gasteiger partial charge on any atom is -0.486 e. The van der Waals surface area contributed by atoms with Gasteiger partial charge in [0.1, 0.15) is 6.61 Å². The minimum atomic E-state index is 0.580. The average molecular weight is 256 g/mol. The van der Waals surface area contributed by atoms with Crippen molar-refractivity contribution in [1.82, 2.24) is 9.78 Å². The van der Waals surface area contributed by atoms with Gasteiger partial charge in [0.05, 0.1) is 18.4 Å². The van der Waals surface area contributed by atoms with Crippen LogP contribution in [0, 0.1) is 6.92 Å². The first-order chi connectivity index (χ1) is 9.31. The lowest BCUT2D eigenvalue weighted by atomic mass is 10.2. The second kappa shape index (κ2) is 5.47. The van der Waals surface area contributed by atoms with E-state index in [0.29, 0.717) is 12.6 Å². The summed E-state index contributed by atoms with van der Waals surface area (Å²) in [7, 11) is 0. The Kier molecular flexibility index (Phi) is 3.53. The topological polar surface area (TPSA) is 27.1 Å². The van der Waals surface area contributed by atoms with Gasteiger partial charge < -0.3 is 4.74 Å². The number of hydrogen-bond donors (Lipinski definition) is 0. The van der Waals surface area contributed by atoms with Crippen LogP contribution in [0.1, 0.15) is 42.9 Å². The van der Waals surface area contributed by atoms with Crippen LogP contribution in [0.4, 0.5) is 0 Å². The van der Waals surface area contributed by atoms with Gasteiger partial charge in [0.25, 0.3) is 0 Å².